The number of nitrogens with one attached hydrogen (secondary N) is 1. The molecule has 2 aromatic rings. The van der Waals surface area contributed by atoms with Crippen LogP contribution in [0.25, 0.3) is 0 Å². The highest BCUT2D eigenvalue weighted by atomic mass is 127. The van der Waals surface area contributed by atoms with E-state index in [1.165, 1.54) is 11.1 Å². The van der Waals surface area contributed by atoms with Gasteiger partial charge in [0.1, 0.15) is 5.75 Å². The number of hydrogen-bond donors (Lipinski definition) is 2. The molecule has 150 valence electrons. The van der Waals surface area contributed by atoms with E-state index in [1.807, 2.05) is 18.2 Å². The number of aliphatic imine (C=N–C) groups is 1. The van der Waals surface area contributed by atoms with Gasteiger partial charge in [-0.15, -0.1) is 24.0 Å². The molecule has 2 aliphatic rings. The number of aromatic hydroxyl groups is 1. The molecule has 0 aromatic heterocycles. The number of piperazine rings is 1. The van der Waals surface area contributed by atoms with Crippen LogP contribution in [0.1, 0.15) is 24.0 Å². The molecule has 0 spiro atoms. The van der Waals surface area contributed by atoms with Crippen LogP contribution in [0.4, 0.5) is 5.69 Å². The molecule has 28 heavy (non-hydrogen) atoms. The maximum Gasteiger partial charge on any atom is 0.194 e. The van der Waals surface area contributed by atoms with Crippen molar-refractivity contribution in [3.8, 4) is 5.75 Å². The minimum Gasteiger partial charge on any atom is -0.506 e. The molecule has 0 amide bonds. The van der Waals surface area contributed by atoms with Crippen LogP contribution in [0.3, 0.4) is 0 Å². The standard InChI is InChI=1S/C22H28N4O.HI/c1-2-23-22(24-16-18-15-17-7-3-4-8-19(17)18)26-13-11-25(12-14-26)20-9-5-6-10-21(20)27;/h3-10,18,27H,2,11-16H2,1H3,(H,23,24);1H. The predicted molar refractivity (Wildman–Crippen MR) is 126 cm³/mol. The number of fused-ring (bicyclic) bond motifs is 1. The lowest BCUT2D eigenvalue weighted by Gasteiger charge is -2.38. The number of para-hydroxylation sites is 2. The molecule has 1 unspecified atom stereocenters. The average molecular weight is 492 g/mol. The van der Waals surface area contributed by atoms with E-state index in [0.29, 0.717) is 11.7 Å². The Bertz CT molecular complexity index is 818. The SMILES string of the molecule is CCNC(=NCC1Cc2ccccc21)N1CCN(c2ccccc2O)CC1.I. The number of nitrogens with zero attached hydrogens (tertiary/aromatic N) is 3. The molecule has 2 aromatic carbocycles. The maximum absolute atomic E-state index is 10.1. The first-order valence-corrected chi connectivity index (χ1v) is 9.90. The van der Waals surface area contributed by atoms with Gasteiger partial charge in [0.15, 0.2) is 5.96 Å². The zero-order chi connectivity index (χ0) is 18.6. The Hall–Kier alpha value is -1.96. The highest BCUT2D eigenvalue weighted by Crippen LogP contribution is 2.34. The van der Waals surface area contributed by atoms with Gasteiger partial charge in [-0.25, -0.2) is 0 Å². The van der Waals surface area contributed by atoms with Crippen LogP contribution in [0.15, 0.2) is 53.5 Å². The van der Waals surface area contributed by atoms with Crippen LogP contribution < -0.4 is 10.2 Å². The van der Waals surface area contributed by atoms with Crippen molar-refractivity contribution in [2.45, 2.75) is 19.3 Å². The first kappa shape index (κ1) is 20.8. The summed E-state index contributed by atoms with van der Waals surface area (Å²) in [6.45, 7) is 7.41. The van der Waals surface area contributed by atoms with E-state index in [1.54, 1.807) is 6.07 Å². The van der Waals surface area contributed by atoms with Crippen LogP contribution in [-0.2, 0) is 6.42 Å². The largest absolute Gasteiger partial charge is 0.506 e. The molecule has 1 fully saturated rings. The van der Waals surface area contributed by atoms with Crippen molar-refractivity contribution in [1.82, 2.24) is 10.2 Å². The lowest BCUT2D eigenvalue weighted by Crippen LogP contribution is -2.52. The molecule has 1 atom stereocenters. The van der Waals surface area contributed by atoms with Gasteiger partial charge < -0.3 is 20.2 Å². The highest BCUT2D eigenvalue weighted by molar-refractivity contribution is 14.0. The summed E-state index contributed by atoms with van der Waals surface area (Å²) in [5.74, 6) is 1.92. The summed E-state index contributed by atoms with van der Waals surface area (Å²) in [4.78, 5) is 9.52. The number of phenolic OH excluding ortho intramolecular Hbond substituents is 1. The molecule has 6 heteroatoms. The van der Waals surface area contributed by atoms with Crippen molar-refractivity contribution in [1.29, 1.82) is 0 Å². The van der Waals surface area contributed by atoms with Crippen molar-refractivity contribution >= 4 is 35.6 Å². The van der Waals surface area contributed by atoms with Crippen molar-refractivity contribution in [2.24, 2.45) is 4.99 Å². The van der Waals surface area contributed by atoms with Gasteiger partial charge in [-0.2, -0.15) is 0 Å². The van der Waals surface area contributed by atoms with Gasteiger partial charge in [-0.05, 0) is 36.6 Å². The summed E-state index contributed by atoms with van der Waals surface area (Å²) in [6.07, 6.45) is 1.14. The van der Waals surface area contributed by atoms with Gasteiger partial charge in [-0.3, -0.25) is 4.99 Å². The second-order valence-corrected chi connectivity index (χ2v) is 7.26. The summed E-state index contributed by atoms with van der Waals surface area (Å²) in [6, 6.07) is 16.3. The zero-order valence-electron chi connectivity index (χ0n) is 16.3. The number of rotatable bonds is 4. The van der Waals surface area contributed by atoms with E-state index in [-0.39, 0.29) is 24.0 Å². The van der Waals surface area contributed by atoms with Crippen LogP contribution in [-0.4, -0.2) is 55.2 Å². The topological polar surface area (TPSA) is 51.1 Å². The van der Waals surface area contributed by atoms with Crippen LogP contribution in [0, 0.1) is 0 Å². The molecule has 1 aliphatic carbocycles. The molecule has 4 rings (SSSR count). The average Bonchev–Trinajstić information content (AvgIpc) is 2.68. The number of halogens is 1. The molecule has 0 radical (unpaired) electrons. The summed E-state index contributed by atoms with van der Waals surface area (Å²) in [5.41, 5.74) is 3.85. The molecular formula is C22H29IN4O. The molecule has 5 nitrogen and oxygen atoms in total. The molecule has 1 heterocycles. The van der Waals surface area contributed by atoms with Crippen LogP contribution in [0.5, 0.6) is 5.75 Å². The quantitative estimate of drug-likeness (QED) is 0.390. The van der Waals surface area contributed by atoms with E-state index in [0.717, 1.165) is 57.3 Å². The Morgan fingerprint density at radius 1 is 1.07 bits per heavy atom. The van der Waals surface area contributed by atoms with Crippen LogP contribution >= 0.6 is 24.0 Å². The number of hydrogen-bond acceptors (Lipinski definition) is 3. The first-order valence-electron chi connectivity index (χ1n) is 9.90. The molecule has 0 bridgehead atoms. The Kier molecular flexibility index (Phi) is 7.04. The van der Waals surface area contributed by atoms with Crippen molar-refractivity contribution < 1.29 is 5.11 Å². The van der Waals surface area contributed by atoms with E-state index in [2.05, 4.69) is 46.3 Å². The zero-order valence-corrected chi connectivity index (χ0v) is 18.7. The van der Waals surface area contributed by atoms with Gasteiger partial charge in [-0.1, -0.05) is 36.4 Å². The number of anilines is 1. The van der Waals surface area contributed by atoms with Crippen molar-refractivity contribution in [2.75, 3.05) is 44.2 Å². The minimum absolute atomic E-state index is 0. The predicted octanol–water partition coefficient (Wildman–Crippen LogP) is 3.44. The minimum atomic E-state index is 0. The third-order valence-corrected chi connectivity index (χ3v) is 5.56. The summed E-state index contributed by atoms with van der Waals surface area (Å²) >= 11 is 0. The van der Waals surface area contributed by atoms with E-state index in [9.17, 15) is 5.11 Å². The number of benzene rings is 2. The van der Waals surface area contributed by atoms with Crippen molar-refractivity contribution in [3.05, 3.63) is 59.7 Å². The molecule has 1 saturated heterocycles. The van der Waals surface area contributed by atoms with Gasteiger partial charge in [0, 0.05) is 45.2 Å². The van der Waals surface area contributed by atoms with E-state index >= 15 is 0 Å². The summed E-state index contributed by atoms with van der Waals surface area (Å²) in [7, 11) is 0. The Balaban J connectivity index is 0.00000225. The lowest BCUT2D eigenvalue weighted by molar-refractivity contribution is 0.369. The fraction of sp³-hybridized carbons (Fsp3) is 0.409. The fourth-order valence-electron chi connectivity index (χ4n) is 4.04. The van der Waals surface area contributed by atoms with Crippen molar-refractivity contribution in [3.63, 3.8) is 0 Å². The normalized spacial score (nSPS) is 18.8. The second-order valence-electron chi connectivity index (χ2n) is 7.26. The Morgan fingerprint density at radius 3 is 2.50 bits per heavy atom. The maximum atomic E-state index is 10.1. The Labute approximate surface area is 184 Å². The third-order valence-electron chi connectivity index (χ3n) is 5.56. The third kappa shape index (κ3) is 4.37. The summed E-state index contributed by atoms with van der Waals surface area (Å²) in [5, 5.41) is 13.5. The molecule has 1 aliphatic heterocycles. The fourth-order valence-corrected chi connectivity index (χ4v) is 4.04. The highest BCUT2D eigenvalue weighted by Gasteiger charge is 2.26. The van der Waals surface area contributed by atoms with E-state index in [4.69, 9.17) is 4.99 Å². The lowest BCUT2D eigenvalue weighted by atomic mass is 9.78. The molecular weight excluding hydrogens is 463 g/mol. The van der Waals surface area contributed by atoms with Crippen LogP contribution in [0.2, 0.25) is 0 Å². The number of phenols is 1. The van der Waals surface area contributed by atoms with Gasteiger partial charge in [0.25, 0.3) is 0 Å². The monoisotopic (exact) mass is 492 g/mol. The summed E-state index contributed by atoms with van der Waals surface area (Å²) < 4.78 is 0. The van der Waals surface area contributed by atoms with E-state index < -0.39 is 0 Å². The number of guanidine groups is 1. The molecule has 2 N–H and O–H groups in total. The van der Waals surface area contributed by atoms with Gasteiger partial charge in [0.2, 0.25) is 0 Å². The molecule has 0 saturated carbocycles. The van der Waals surface area contributed by atoms with Gasteiger partial charge >= 0.3 is 0 Å². The van der Waals surface area contributed by atoms with Gasteiger partial charge in [0.05, 0.1) is 5.69 Å². The second kappa shape index (κ2) is 9.49. The first-order chi connectivity index (χ1) is 13.3. The Morgan fingerprint density at radius 2 is 1.79 bits per heavy atom. The smallest absolute Gasteiger partial charge is 0.194 e.